The van der Waals surface area contributed by atoms with Gasteiger partial charge in [0.25, 0.3) is 5.56 Å². The van der Waals surface area contributed by atoms with E-state index >= 15 is 0 Å². The topological polar surface area (TPSA) is 65.1 Å². The Kier molecular flexibility index (Phi) is 4.75. The van der Waals surface area contributed by atoms with Gasteiger partial charge in [-0.2, -0.15) is 0 Å². The normalized spacial score (nSPS) is 16.8. The van der Waals surface area contributed by atoms with E-state index in [9.17, 15) is 9.59 Å². The molecule has 0 fully saturated rings. The van der Waals surface area contributed by atoms with Crippen LogP contribution in [0.1, 0.15) is 36.5 Å². The molecule has 136 valence electrons. The van der Waals surface area contributed by atoms with Gasteiger partial charge in [0.1, 0.15) is 16.4 Å². The van der Waals surface area contributed by atoms with Crippen molar-refractivity contribution in [3.8, 4) is 0 Å². The van der Waals surface area contributed by atoms with E-state index in [2.05, 4.69) is 6.92 Å². The lowest BCUT2D eigenvalue weighted by Crippen LogP contribution is -2.24. The Morgan fingerprint density at radius 3 is 3.08 bits per heavy atom. The quantitative estimate of drug-likeness (QED) is 0.490. The molecule has 3 aromatic heterocycles. The van der Waals surface area contributed by atoms with E-state index < -0.39 is 0 Å². The van der Waals surface area contributed by atoms with Gasteiger partial charge >= 0.3 is 0 Å². The Labute approximate surface area is 159 Å². The summed E-state index contributed by atoms with van der Waals surface area (Å²) in [4.78, 5) is 31.6. The van der Waals surface area contributed by atoms with E-state index in [-0.39, 0.29) is 11.3 Å². The molecule has 0 aromatic carbocycles. The third-order valence-corrected chi connectivity index (χ3v) is 6.95. The molecule has 0 aliphatic heterocycles. The first kappa shape index (κ1) is 17.5. The zero-order valence-corrected chi connectivity index (χ0v) is 16.4. The number of Topliss-reactive ketones (excluding diaryl/α,β-unsaturated/α-hetero) is 1. The van der Waals surface area contributed by atoms with Gasteiger partial charge in [-0.25, -0.2) is 4.98 Å². The highest BCUT2D eigenvalue weighted by atomic mass is 32.2. The third kappa shape index (κ3) is 3.25. The van der Waals surface area contributed by atoms with Crippen molar-refractivity contribution in [3.05, 3.63) is 45.0 Å². The van der Waals surface area contributed by atoms with Crippen LogP contribution in [0.5, 0.6) is 0 Å². The summed E-state index contributed by atoms with van der Waals surface area (Å²) in [7, 11) is 0. The van der Waals surface area contributed by atoms with Crippen LogP contribution in [0.15, 0.2) is 32.8 Å². The molecule has 0 N–H and O–H groups in total. The van der Waals surface area contributed by atoms with Crippen molar-refractivity contribution in [1.82, 2.24) is 9.55 Å². The van der Waals surface area contributed by atoms with Crippen LogP contribution >= 0.6 is 23.1 Å². The van der Waals surface area contributed by atoms with E-state index in [1.165, 1.54) is 22.2 Å². The van der Waals surface area contributed by atoms with Crippen LogP contribution in [0.3, 0.4) is 0 Å². The highest BCUT2D eigenvalue weighted by molar-refractivity contribution is 7.99. The summed E-state index contributed by atoms with van der Waals surface area (Å²) in [6, 6.07) is 3.66. The lowest BCUT2D eigenvalue weighted by atomic mass is 9.89. The van der Waals surface area contributed by atoms with Gasteiger partial charge in [0.05, 0.1) is 23.9 Å². The minimum Gasteiger partial charge on any atom is -0.467 e. The van der Waals surface area contributed by atoms with Gasteiger partial charge in [0.2, 0.25) is 0 Å². The Bertz CT molecular complexity index is 1020. The highest BCUT2D eigenvalue weighted by Gasteiger charge is 2.25. The Balaban J connectivity index is 1.87. The number of aromatic nitrogens is 2. The average Bonchev–Trinajstić information content (AvgIpc) is 3.22. The molecule has 5 nitrogen and oxygen atoms in total. The number of nitrogens with zero attached hydrogens (tertiary/aromatic N) is 2. The monoisotopic (exact) mass is 388 g/mol. The maximum Gasteiger partial charge on any atom is 0.263 e. The lowest BCUT2D eigenvalue weighted by Gasteiger charge is -2.17. The van der Waals surface area contributed by atoms with Gasteiger partial charge in [-0.1, -0.05) is 18.7 Å². The fourth-order valence-corrected chi connectivity index (χ4v) is 5.60. The molecule has 1 unspecified atom stereocenters. The number of thioether (sulfide) groups is 1. The first-order chi connectivity index (χ1) is 12.5. The van der Waals surface area contributed by atoms with Gasteiger partial charge in [-0.15, -0.1) is 11.3 Å². The smallest absolute Gasteiger partial charge is 0.263 e. The number of fused-ring (bicyclic) bond motifs is 3. The summed E-state index contributed by atoms with van der Waals surface area (Å²) in [6.07, 6.45) is 4.66. The molecule has 1 aliphatic carbocycles. The van der Waals surface area contributed by atoms with Gasteiger partial charge in [-0.05, 0) is 49.8 Å². The van der Waals surface area contributed by atoms with E-state index in [1.54, 1.807) is 29.1 Å². The Morgan fingerprint density at radius 2 is 2.35 bits per heavy atom. The molecule has 0 saturated carbocycles. The van der Waals surface area contributed by atoms with Crippen molar-refractivity contribution in [3.63, 3.8) is 0 Å². The van der Waals surface area contributed by atoms with E-state index in [4.69, 9.17) is 9.40 Å². The van der Waals surface area contributed by atoms with Crippen molar-refractivity contribution >= 4 is 39.1 Å². The number of rotatable bonds is 5. The molecule has 0 radical (unpaired) electrons. The van der Waals surface area contributed by atoms with Crippen LogP contribution in [0.2, 0.25) is 0 Å². The molecule has 0 spiro atoms. The molecule has 0 amide bonds. The zero-order chi connectivity index (χ0) is 18.3. The number of aryl methyl sites for hydroxylation is 1. The fourth-order valence-electron chi connectivity index (χ4n) is 3.38. The van der Waals surface area contributed by atoms with Crippen molar-refractivity contribution in [2.75, 3.05) is 5.75 Å². The van der Waals surface area contributed by atoms with Crippen molar-refractivity contribution in [2.24, 2.45) is 5.92 Å². The summed E-state index contributed by atoms with van der Waals surface area (Å²) in [5.41, 5.74) is 1.15. The Morgan fingerprint density at radius 1 is 1.50 bits per heavy atom. The molecule has 0 bridgehead atoms. The first-order valence-electron chi connectivity index (χ1n) is 8.72. The van der Waals surface area contributed by atoms with Crippen molar-refractivity contribution < 1.29 is 9.21 Å². The van der Waals surface area contributed by atoms with Crippen molar-refractivity contribution in [2.45, 2.75) is 44.8 Å². The van der Waals surface area contributed by atoms with E-state index in [0.717, 1.165) is 29.5 Å². The summed E-state index contributed by atoms with van der Waals surface area (Å²) in [5, 5.41) is 1.34. The molecule has 0 saturated heterocycles. The maximum absolute atomic E-state index is 13.3. The number of thiophene rings is 1. The Hall–Kier alpha value is -1.86. The molecule has 1 aliphatic rings. The molecule has 3 aromatic rings. The summed E-state index contributed by atoms with van der Waals surface area (Å²) in [6.45, 7) is 4.13. The highest BCUT2D eigenvalue weighted by Crippen LogP contribution is 2.36. The molecule has 3 heterocycles. The number of hydrogen-bond acceptors (Lipinski definition) is 6. The zero-order valence-electron chi connectivity index (χ0n) is 14.8. The largest absolute Gasteiger partial charge is 0.467 e. The van der Waals surface area contributed by atoms with E-state index in [0.29, 0.717) is 29.1 Å². The van der Waals surface area contributed by atoms with Gasteiger partial charge in [0, 0.05) is 4.88 Å². The predicted octanol–water partition coefficient (Wildman–Crippen LogP) is 3.91. The first-order valence-corrected chi connectivity index (χ1v) is 10.5. The minimum atomic E-state index is -0.0236. The maximum atomic E-state index is 13.3. The number of carbonyl (C=O) groups is 1. The molecular formula is C19H20N2O3S2. The molecular weight excluding hydrogens is 368 g/mol. The standard InChI is InChI=1S/C19H20N2O3S2/c1-11-5-6-14-15(8-11)26-17-16(14)18(23)21(9-13-4-3-7-24-13)19(20-17)25-10-12(2)22/h3-4,7,11H,5-6,8-10H2,1-2H3. The van der Waals surface area contributed by atoms with Crippen LogP contribution in [-0.4, -0.2) is 21.1 Å². The third-order valence-electron chi connectivity index (χ3n) is 4.68. The second-order valence-electron chi connectivity index (χ2n) is 6.89. The van der Waals surface area contributed by atoms with Crippen LogP contribution in [0.4, 0.5) is 0 Å². The number of ketones is 1. The van der Waals surface area contributed by atoms with Crippen LogP contribution in [0, 0.1) is 5.92 Å². The van der Waals surface area contributed by atoms with Crippen LogP contribution < -0.4 is 5.56 Å². The lowest BCUT2D eigenvalue weighted by molar-refractivity contribution is -0.114. The van der Waals surface area contributed by atoms with Crippen LogP contribution in [-0.2, 0) is 24.2 Å². The van der Waals surface area contributed by atoms with Gasteiger partial charge in [-0.3, -0.25) is 14.2 Å². The van der Waals surface area contributed by atoms with Crippen LogP contribution in [0.25, 0.3) is 10.2 Å². The summed E-state index contributed by atoms with van der Waals surface area (Å²) in [5.74, 6) is 1.72. The average molecular weight is 389 g/mol. The summed E-state index contributed by atoms with van der Waals surface area (Å²) < 4.78 is 7.08. The van der Waals surface area contributed by atoms with Gasteiger partial charge in [0.15, 0.2) is 5.16 Å². The fraction of sp³-hybridized carbons (Fsp3) is 0.421. The molecule has 26 heavy (non-hydrogen) atoms. The van der Waals surface area contributed by atoms with E-state index in [1.807, 2.05) is 12.1 Å². The molecule has 1 atom stereocenters. The number of hydrogen-bond donors (Lipinski definition) is 0. The number of carbonyl (C=O) groups excluding carboxylic acids is 1. The summed E-state index contributed by atoms with van der Waals surface area (Å²) >= 11 is 2.96. The molecule has 7 heteroatoms. The predicted molar refractivity (Wildman–Crippen MR) is 104 cm³/mol. The number of furan rings is 1. The molecule has 4 rings (SSSR count). The van der Waals surface area contributed by atoms with Gasteiger partial charge < -0.3 is 4.42 Å². The minimum absolute atomic E-state index is 0.0236. The van der Waals surface area contributed by atoms with Crippen molar-refractivity contribution in [1.29, 1.82) is 0 Å². The second-order valence-corrected chi connectivity index (χ2v) is 8.91. The SMILES string of the molecule is CC(=O)CSc1nc2sc3c(c2c(=O)n1Cc1ccco1)CCC(C)C3. The second kappa shape index (κ2) is 7.04.